The first kappa shape index (κ1) is 8.20. The highest BCUT2D eigenvalue weighted by molar-refractivity contribution is 5.91. The predicted molar refractivity (Wildman–Crippen MR) is 33.5 cm³/mol. The van der Waals surface area contributed by atoms with Crippen molar-refractivity contribution in [2.45, 2.75) is 13.3 Å². The van der Waals surface area contributed by atoms with Gasteiger partial charge in [-0.25, -0.2) is 13.8 Å². The van der Waals surface area contributed by atoms with Gasteiger partial charge in [0, 0.05) is 13.3 Å². The summed E-state index contributed by atoms with van der Waals surface area (Å²) in [7, 11) is 1.29. The maximum Gasteiger partial charge on any atom is 0.296 e. The summed E-state index contributed by atoms with van der Waals surface area (Å²) in [4.78, 5) is 6.56. The first-order chi connectivity index (χ1) is 4.22. The number of aliphatic imine (C=N–C) groups is 2. The Kier molecular flexibility index (Phi) is 3.75. The molecule has 0 rings (SSSR count). The second-order valence-electron chi connectivity index (χ2n) is 1.27. The van der Waals surface area contributed by atoms with Crippen LogP contribution < -0.4 is 0 Å². The summed E-state index contributed by atoms with van der Waals surface area (Å²) in [6, 6.07) is 0. The molecule has 0 saturated heterocycles. The van der Waals surface area contributed by atoms with E-state index in [-0.39, 0.29) is 0 Å². The molecule has 0 saturated carbocycles. The van der Waals surface area contributed by atoms with Gasteiger partial charge >= 0.3 is 0 Å². The molecule has 0 aliphatic rings. The van der Waals surface area contributed by atoms with Crippen LogP contribution >= 0.6 is 0 Å². The molecule has 0 unspecified atom stereocenters. The molecule has 0 atom stereocenters. The molecule has 0 N–H and O–H groups in total. The predicted octanol–water partition coefficient (Wildman–Crippen LogP) is 1.37. The second-order valence-corrected chi connectivity index (χ2v) is 1.27. The monoisotopic (exact) mass is 134 g/mol. The minimum Gasteiger partial charge on any atom is -0.269 e. The molecule has 4 heteroatoms. The number of hydrogen-bond acceptors (Lipinski definition) is 1. The van der Waals surface area contributed by atoms with Crippen LogP contribution in [0, 0.1) is 0 Å². The Labute approximate surface area is 52.3 Å². The Hall–Kier alpha value is -0.800. The van der Waals surface area contributed by atoms with Gasteiger partial charge in [0.1, 0.15) is 0 Å². The van der Waals surface area contributed by atoms with Crippen LogP contribution in [0.1, 0.15) is 6.92 Å². The van der Waals surface area contributed by atoms with E-state index in [0.717, 1.165) is 0 Å². The third-order valence-corrected chi connectivity index (χ3v) is 0.686. The van der Waals surface area contributed by atoms with Gasteiger partial charge in [-0.3, -0.25) is 4.99 Å². The Balaban J connectivity index is 4.01. The van der Waals surface area contributed by atoms with Gasteiger partial charge in [-0.05, 0) is 6.92 Å². The molecule has 0 spiro atoms. The second kappa shape index (κ2) is 4.12. The van der Waals surface area contributed by atoms with Crippen LogP contribution in [0.4, 0.5) is 8.78 Å². The zero-order valence-electron chi connectivity index (χ0n) is 5.31. The lowest BCUT2D eigenvalue weighted by molar-refractivity contribution is 0.224. The number of alkyl halides is 2. The molecule has 0 heterocycles. The van der Waals surface area contributed by atoms with Gasteiger partial charge in [0.05, 0.1) is 0 Å². The van der Waals surface area contributed by atoms with E-state index in [2.05, 4.69) is 9.98 Å². The molecule has 0 fully saturated rings. The topological polar surface area (TPSA) is 24.7 Å². The fourth-order valence-electron chi connectivity index (χ4n) is 0.344. The normalized spacial score (nSPS) is 13.7. The standard InChI is InChI=1S/C5H8F2N2/c1-3-9-5(8-2)4(6)7/h3-4H,1-2H3. The van der Waals surface area contributed by atoms with E-state index in [1.54, 1.807) is 6.92 Å². The fraction of sp³-hybridized carbons (Fsp3) is 0.600. The van der Waals surface area contributed by atoms with Crippen molar-refractivity contribution < 1.29 is 8.78 Å². The smallest absolute Gasteiger partial charge is 0.269 e. The number of halogens is 2. The molecule has 0 radical (unpaired) electrons. The minimum absolute atomic E-state index is 0.419. The zero-order valence-corrected chi connectivity index (χ0v) is 5.31. The van der Waals surface area contributed by atoms with Gasteiger partial charge in [-0.15, -0.1) is 0 Å². The lowest BCUT2D eigenvalue weighted by atomic mass is 10.6. The maximum atomic E-state index is 11.6. The average molecular weight is 134 g/mol. The van der Waals surface area contributed by atoms with E-state index < -0.39 is 12.3 Å². The van der Waals surface area contributed by atoms with Crippen molar-refractivity contribution in [2.75, 3.05) is 7.05 Å². The van der Waals surface area contributed by atoms with Gasteiger partial charge in [0.2, 0.25) is 0 Å². The molecule has 52 valence electrons. The highest BCUT2D eigenvalue weighted by Crippen LogP contribution is 1.96. The lowest BCUT2D eigenvalue weighted by Gasteiger charge is -1.93. The molecule has 0 amide bonds. The molecule has 0 aliphatic heterocycles. The Morgan fingerprint density at radius 1 is 1.56 bits per heavy atom. The van der Waals surface area contributed by atoms with Crippen molar-refractivity contribution in [1.82, 2.24) is 0 Å². The molecule has 9 heavy (non-hydrogen) atoms. The van der Waals surface area contributed by atoms with Crippen molar-refractivity contribution >= 4 is 12.1 Å². The Morgan fingerprint density at radius 3 is 2.22 bits per heavy atom. The molecule has 0 bridgehead atoms. The van der Waals surface area contributed by atoms with Gasteiger partial charge in [0.25, 0.3) is 6.43 Å². The number of hydrogen-bond donors (Lipinski definition) is 0. The van der Waals surface area contributed by atoms with E-state index in [1.807, 2.05) is 0 Å². The number of nitrogens with zero attached hydrogens (tertiary/aromatic N) is 2. The third-order valence-electron chi connectivity index (χ3n) is 0.686. The summed E-state index contributed by atoms with van der Waals surface area (Å²) in [6.07, 6.45) is -1.28. The SMILES string of the molecule is CC=NC(=NC)C(F)F. The summed E-state index contributed by atoms with van der Waals surface area (Å²) < 4.78 is 23.3. The summed E-state index contributed by atoms with van der Waals surface area (Å²) >= 11 is 0. The lowest BCUT2D eigenvalue weighted by Crippen LogP contribution is -2.06. The van der Waals surface area contributed by atoms with Crippen molar-refractivity contribution in [3.63, 3.8) is 0 Å². The quantitative estimate of drug-likeness (QED) is 0.382. The number of amidine groups is 1. The molecular formula is C5H8F2N2. The largest absolute Gasteiger partial charge is 0.296 e. The highest BCUT2D eigenvalue weighted by Gasteiger charge is 2.08. The Morgan fingerprint density at radius 2 is 2.11 bits per heavy atom. The minimum atomic E-state index is -2.56. The summed E-state index contributed by atoms with van der Waals surface area (Å²) in [5, 5.41) is 0. The maximum absolute atomic E-state index is 11.6. The fourth-order valence-corrected chi connectivity index (χ4v) is 0.344. The first-order valence-corrected chi connectivity index (χ1v) is 2.46. The van der Waals surface area contributed by atoms with E-state index in [0.29, 0.717) is 0 Å². The van der Waals surface area contributed by atoms with Gasteiger partial charge in [-0.2, -0.15) is 0 Å². The highest BCUT2D eigenvalue weighted by atomic mass is 19.3. The Bertz CT molecular complexity index is 129. The first-order valence-electron chi connectivity index (χ1n) is 2.46. The van der Waals surface area contributed by atoms with Crippen LogP contribution in [0.25, 0.3) is 0 Å². The number of rotatable bonds is 1. The summed E-state index contributed by atoms with van der Waals surface area (Å²) in [5.74, 6) is -0.419. The van der Waals surface area contributed by atoms with Crippen LogP contribution in [0.3, 0.4) is 0 Å². The van der Waals surface area contributed by atoms with Gasteiger partial charge in [0.15, 0.2) is 5.84 Å². The van der Waals surface area contributed by atoms with Crippen LogP contribution in [-0.4, -0.2) is 25.5 Å². The molecule has 2 nitrogen and oxygen atoms in total. The van der Waals surface area contributed by atoms with Crippen LogP contribution in [-0.2, 0) is 0 Å². The van der Waals surface area contributed by atoms with E-state index in [9.17, 15) is 8.78 Å². The van der Waals surface area contributed by atoms with Crippen molar-refractivity contribution in [3.8, 4) is 0 Å². The molecule has 0 aromatic carbocycles. The van der Waals surface area contributed by atoms with Crippen LogP contribution in [0.2, 0.25) is 0 Å². The molecule has 0 aromatic rings. The van der Waals surface area contributed by atoms with Gasteiger partial charge < -0.3 is 0 Å². The van der Waals surface area contributed by atoms with E-state index >= 15 is 0 Å². The van der Waals surface area contributed by atoms with Crippen LogP contribution in [0.15, 0.2) is 9.98 Å². The summed E-state index contributed by atoms with van der Waals surface area (Å²) in [6.45, 7) is 1.56. The average Bonchev–Trinajstić information content (AvgIpc) is 1.82. The molecule has 0 aliphatic carbocycles. The van der Waals surface area contributed by atoms with E-state index in [4.69, 9.17) is 0 Å². The molecule has 0 aromatic heterocycles. The van der Waals surface area contributed by atoms with Crippen LogP contribution in [0.5, 0.6) is 0 Å². The van der Waals surface area contributed by atoms with Gasteiger partial charge in [-0.1, -0.05) is 0 Å². The van der Waals surface area contributed by atoms with Crippen molar-refractivity contribution in [3.05, 3.63) is 0 Å². The summed E-state index contributed by atoms with van der Waals surface area (Å²) in [5.41, 5.74) is 0. The third kappa shape index (κ3) is 2.90. The van der Waals surface area contributed by atoms with E-state index in [1.165, 1.54) is 13.3 Å². The molecular weight excluding hydrogens is 126 g/mol. The zero-order chi connectivity index (χ0) is 7.28. The van der Waals surface area contributed by atoms with Crippen molar-refractivity contribution in [1.29, 1.82) is 0 Å². The van der Waals surface area contributed by atoms with Crippen molar-refractivity contribution in [2.24, 2.45) is 9.98 Å².